The highest BCUT2D eigenvalue weighted by Crippen LogP contribution is 2.34. The van der Waals surface area contributed by atoms with E-state index >= 15 is 0 Å². The Hall–Kier alpha value is -0.770. The maximum absolute atomic E-state index is 12.5. The van der Waals surface area contributed by atoms with Crippen LogP contribution in [0.2, 0.25) is 0 Å². The Kier molecular flexibility index (Phi) is 3.96. The van der Waals surface area contributed by atoms with E-state index < -0.39 is 0 Å². The van der Waals surface area contributed by atoms with Crippen molar-refractivity contribution >= 4 is 6.03 Å². The summed E-state index contributed by atoms with van der Waals surface area (Å²) >= 11 is 0. The second-order valence-electron chi connectivity index (χ2n) is 6.49. The minimum absolute atomic E-state index is 0.202. The molecule has 4 nitrogen and oxygen atoms in total. The summed E-state index contributed by atoms with van der Waals surface area (Å²) in [5.41, 5.74) is 0. The van der Waals surface area contributed by atoms with Crippen LogP contribution in [0.5, 0.6) is 0 Å². The zero-order valence-electron chi connectivity index (χ0n) is 12.0. The summed E-state index contributed by atoms with van der Waals surface area (Å²) in [6.07, 6.45) is 7.31. The average molecular weight is 265 g/mol. The van der Waals surface area contributed by atoms with Gasteiger partial charge in [-0.15, -0.1) is 0 Å². The van der Waals surface area contributed by atoms with E-state index in [1.54, 1.807) is 0 Å². The van der Waals surface area contributed by atoms with Crippen molar-refractivity contribution < 1.29 is 4.79 Å². The molecule has 2 aliphatic heterocycles. The third-order valence-electron chi connectivity index (χ3n) is 5.33. The Labute approximate surface area is 116 Å². The van der Waals surface area contributed by atoms with E-state index in [4.69, 9.17) is 0 Å². The van der Waals surface area contributed by atoms with E-state index in [1.807, 2.05) is 0 Å². The molecule has 3 aliphatic rings. The molecule has 3 atom stereocenters. The van der Waals surface area contributed by atoms with Crippen molar-refractivity contribution in [1.82, 2.24) is 15.5 Å². The monoisotopic (exact) mass is 265 g/mol. The molecule has 19 heavy (non-hydrogen) atoms. The molecule has 1 saturated carbocycles. The fourth-order valence-electron chi connectivity index (χ4n) is 4.28. The van der Waals surface area contributed by atoms with E-state index in [9.17, 15) is 4.79 Å². The molecule has 3 unspecified atom stereocenters. The second-order valence-corrected chi connectivity index (χ2v) is 6.49. The van der Waals surface area contributed by atoms with E-state index in [1.165, 1.54) is 32.1 Å². The quantitative estimate of drug-likeness (QED) is 0.801. The molecule has 0 aromatic rings. The van der Waals surface area contributed by atoms with E-state index in [0.29, 0.717) is 23.9 Å². The lowest BCUT2D eigenvalue weighted by Gasteiger charge is -2.30. The van der Waals surface area contributed by atoms with Crippen LogP contribution in [0.3, 0.4) is 0 Å². The largest absolute Gasteiger partial charge is 0.335 e. The van der Waals surface area contributed by atoms with E-state index in [0.717, 1.165) is 26.1 Å². The molecule has 3 fully saturated rings. The van der Waals surface area contributed by atoms with Gasteiger partial charge in [0.15, 0.2) is 0 Å². The number of fused-ring (bicyclic) bond motifs is 1. The van der Waals surface area contributed by atoms with Crippen molar-refractivity contribution in [2.24, 2.45) is 11.8 Å². The molecule has 0 spiro atoms. The summed E-state index contributed by atoms with van der Waals surface area (Å²) in [5, 5.41) is 6.75. The zero-order valence-corrected chi connectivity index (χ0v) is 12.0. The van der Waals surface area contributed by atoms with Crippen molar-refractivity contribution in [3.8, 4) is 0 Å². The summed E-state index contributed by atoms with van der Waals surface area (Å²) < 4.78 is 0. The van der Waals surface area contributed by atoms with Crippen LogP contribution in [0.1, 0.15) is 45.4 Å². The first-order valence-electron chi connectivity index (χ1n) is 8.07. The van der Waals surface area contributed by atoms with Crippen molar-refractivity contribution in [3.63, 3.8) is 0 Å². The summed E-state index contributed by atoms with van der Waals surface area (Å²) in [5.74, 6) is 1.36. The molecule has 2 heterocycles. The maximum atomic E-state index is 12.5. The first-order chi connectivity index (χ1) is 9.29. The number of hydrogen-bond donors (Lipinski definition) is 2. The Bertz CT molecular complexity index is 327. The number of hydrogen-bond acceptors (Lipinski definition) is 2. The predicted octanol–water partition coefficient (Wildman–Crippen LogP) is 1.96. The van der Waals surface area contributed by atoms with Gasteiger partial charge in [-0.3, -0.25) is 0 Å². The molecular weight excluding hydrogens is 238 g/mol. The first-order valence-corrected chi connectivity index (χ1v) is 8.07. The lowest BCUT2D eigenvalue weighted by atomic mass is 9.93. The lowest BCUT2D eigenvalue weighted by Crippen LogP contribution is -2.48. The number of nitrogens with one attached hydrogen (secondary N) is 2. The van der Waals surface area contributed by atoms with Gasteiger partial charge in [0.1, 0.15) is 0 Å². The first kappa shape index (κ1) is 13.2. The van der Waals surface area contributed by atoms with Crippen molar-refractivity contribution in [2.45, 2.75) is 57.5 Å². The summed E-state index contributed by atoms with van der Waals surface area (Å²) in [6.45, 7) is 5.35. The molecule has 1 aliphatic carbocycles. The molecular formula is C15H27N3O. The van der Waals surface area contributed by atoms with Gasteiger partial charge in [-0.1, -0.05) is 26.2 Å². The van der Waals surface area contributed by atoms with E-state index in [2.05, 4.69) is 22.5 Å². The Morgan fingerprint density at radius 3 is 2.79 bits per heavy atom. The normalized spacial score (nSPS) is 35.4. The van der Waals surface area contributed by atoms with Gasteiger partial charge in [-0.25, -0.2) is 4.79 Å². The van der Waals surface area contributed by atoms with Crippen LogP contribution in [0.4, 0.5) is 4.79 Å². The summed E-state index contributed by atoms with van der Waals surface area (Å²) in [7, 11) is 0. The van der Waals surface area contributed by atoms with Crippen molar-refractivity contribution in [2.75, 3.05) is 19.6 Å². The van der Waals surface area contributed by atoms with Gasteiger partial charge in [-0.2, -0.15) is 0 Å². The SMILES string of the molecule is CCC1C2CNCC2CN1C(=O)NC1CCCCC1. The molecule has 3 rings (SSSR count). The number of carbonyl (C=O) groups is 1. The number of likely N-dealkylation sites (tertiary alicyclic amines) is 1. The highest BCUT2D eigenvalue weighted by atomic mass is 16.2. The molecule has 4 heteroatoms. The summed E-state index contributed by atoms with van der Waals surface area (Å²) in [4.78, 5) is 14.6. The van der Waals surface area contributed by atoms with Crippen LogP contribution in [0, 0.1) is 11.8 Å². The molecule has 0 bridgehead atoms. The average Bonchev–Trinajstić information content (AvgIpc) is 2.99. The third-order valence-corrected chi connectivity index (χ3v) is 5.33. The van der Waals surface area contributed by atoms with Gasteiger partial charge in [0.25, 0.3) is 0 Å². The van der Waals surface area contributed by atoms with Crippen LogP contribution < -0.4 is 10.6 Å². The fraction of sp³-hybridized carbons (Fsp3) is 0.933. The van der Waals surface area contributed by atoms with E-state index in [-0.39, 0.29) is 6.03 Å². The highest BCUT2D eigenvalue weighted by molar-refractivity contribution is 5.75. The number of urea groups is 1. The van der Waals surface area contributed by atoms with Crippen molar-refractivity contribution in [1.29, 1.82) is 0 Å². The molecule has 0 radical (unpaired) electrons. The van der Waals surface area contributed by atoms with Gasteiger partial charge >= 0.3 is 6.03 Å². The Balaban J connectivity index is 1.59. The molecule has 2 N–H and O–H groups in total. The smallest absolute Gasteiger partial charge is 0.317 e. The minimum Gasteiger partial charge on any atom is -0.335 e. The van der Waals surface area contributed by atoms with Crippen molar-refractivity contribution in [3.05, 3.63) is 0 Å². The second kappa shape index (κ2) is 5.70. The topological polar surface area (TPSA) is 44.4 Å². The van der Waals surface area contributed by atoms with Crippen LogP contribution >= 0.6 is 0 Å². The zero-order chi connectivity index (χ0) is 13.2. The molecule has 0 aromatic carbocycles. The Morgan fingerprint density at radius 1 is 1.26 bits per heavy atom. The number of nitrogens with zero attached hydrogens (tertiary/aromatic N) is 1. The molecule has 2 saturated heterocycles. The van der Waals surface area contributed by atoms with Crippen LogP contribution in [-0.4, -0.2) is 42.6 Å². The van der Waals surface area contributed by atoms with Gasteiger partial charge in [0.2, 0.25) is 0 Å². The van der Waals surface area contributed by atoms with Crippen LogP contribution in [-0.2, 0) is 0 Å². The fourth-order valence-corrected chi connectivity index (χ4v) is 4.28. The van der Waals surface area contributed by atoms with Gasteiger partial charge in [0.05, 0.1) is 0 Å². The van der Waals surface area contributed by atoms with Crippen LogP contribution in [0.25, 0.3) is 0 Å². The standard InChI is InChI=1S/C15H27N3O/c1-2-14-13-9-16-8-11(13)10-18(14)15(19)17-12-6-4-3-5-7-12/h11-14,16H,2-10H2,1H3,(H,17,19). The minimum atomic E-state index is 0.202. The number of amides is 2. The maximum Gasteiger partial charge on any atom is 0.317 e. The van der Waals surface area contributed by atoms with Gasteiger partial charge in [-0.05, 0) is 31.1 Å². The number of rotatable bonds is 2. The molecule has 0 aromatic heterocycles. The van der Waals surface area contributed by atoms with Gasteiger partial charge < -0.3 is 15.5 Å². The summed E-state index contributed by atoms with van der Waals surface area (Å²) in [6, 6.07) is 1.08. The highest BCUT2D eigenvalue weighted by Gasteiger charge is 2.45. The molecule has 2 amide bonds. The number of carbonyl (C=O) groups excluding carboxylic acids is 1. The predicted molar refractivity (Wildman–Crippen MR) is 76.0 cm³/mol. The van der Waals surface area contributed by atoms with Crippen LogP contribution in [0.15, 0.2) is 0 Å². The molecule has 108 valence electrons. The van der Waals surface area contributed by atoms with Gasteiger partial charge in [0, 0.05) is 31.7 Å². The third kappa shape index (κ3) is 2.60. The lowest BCUT2D eigenvalue weighted by molar-refractivity contribution is 0.176. The Morgan fingerprint density at radius 2 is 2.05 bits per heavy atom.